The maximum absolute atomic E-state index is 12.9. The number of ether oxygens (including phenoxy) is 1. The number of benzene rings is 1. The number of hydrogen-bond acceptors (Lipinski definition) is 4. The molecule has 2 atom stereocenters. The number of morpholine rings is 1. The van der Waals surface area contributed by atoms with E-state index >= 15 is 0 Å². The standard InChI is InChI=1S/C14H17FN2O2S.ClH/c15-11-3-1-10(2-4-11)13-7-17(5-6-19-13)14(18)12-8-20-9-16-12;/h1-4,12-13,16H,5-9H2;1H. The van der Waals surface area contributed by atoms with E-state index in [1.54, 1.807) is 23.9 Å². The number of thioether (sulfide) groups is 1. The van der Waals surface area contributed by atoms with Crippen LogP contribution in [-0.2, 0) is 9.53 Å². The SMILES string of the molecule is Cl.O=C(C1CSCN1)N1CCOC(c2ccc(F)cc2)C1. The zero-order valence-corrected chi connectivity index (χ0v) is 13.1. The summed E-state index contributed by atoms with van der Waals surface area (Å²) in [6.07, 6.45) is -0.164. The Morgan fingerprint density at radius 3 is 2.81 bits per heavy atom. The Morgan fingerprint density at radius 2 is 2.14 bits per heavy atom. The minimum atomic E-state index is -0.260. The molecule has 0 saturated carbocycles. The zero-order valence-electron chi connectivity index (χ0n) is 11.5. The molecule has 1 amide bonds. The third-order valence-electron chi connectivity index (χ3n) is 3.63. The first-order chi connectivity index (χ1) is 9.74. The predicted molar refractivity (Wildman–Crippen MR) is 83.2 cm³/mol. The van der Waals surface area contributed by atoms with E-state index in [0.717, 1.165) is 17.2 Å². The summed E-state index contributed by atoms with van der Waals surface area (Å²) in [5.74, 6) is 1.55. The lowest BCUT2D eigenvalue weighted by molar-refractivity contribution is -0.140. The van der Waals surface area contributed by atoms with Crippen molar-refractivity contribution in [1.29, 1.82) is 0 Å². The molecule has 0 aromatic heterocycles. The molecule has 2 aliphatic heterocycles. The van der Waals surface area contributed by atoms with E-state index in [2.05, 4.69) is 5.32 Å². The monoisotopic (exact) mass is 332 g/mol. The van der Waals surface area contributed by atoms with Crippen molar-refractivity contribution in [2.45, 2.75) is 12.1 Å². The van der Waals surface area contributed by atoms with Crippen LogP contribution in [-0.4, -0.2) is 48.2 Å². The molecule has 4 nitrogen and oxygen atoms in total. The molecule has 0 spiro atoms. The average molecular weight is 333 g/mol. The number of hydrogen-bond donors (Lipinski definition) is 1. The van der Waals surface area contributed by atoms with E-state index in [1.165, 1.54) is 12.1 Å². The Balaban J connectivity index is 0.00000161. The van der Waals surface area contributed by atoms with Crippen molar-refractivity contribution in [2.24, 2.45) is 0 Å². The Hall–Kier alpha value is -0.820. The number of carbonyl (C=O) groups is 1. The average Bonchev–Trinajstić information content (AvgIpc) is 3.01. The molecule has 2 heterocycles. The number of nitrogens with one attached hydrogen (secondary N) is 1. The normalized spacial score (nSPS) is 25.5. The molecule has 1 N–H and O–H groups in total. The second kappa shape index (κ2) is 7.45. The first-order valence-electron chi connectivity index (χ1n) is 6.71. The molecule has 0 aliphatic carbocycles. The van der Waals surface area contributed by atoms with E-state index in [4.69, 9.17) is 4.74 Å². The maximum Gasteiger partial charge on any atom is 0.240 e. The second-order valence-corrected chi connectivity index (χ2v) is 6.00. The zero-order chi connectivity index (χ0) is 13.9. The quantitative estimate of drug-likeness (QED) is 0.897. The number of rotatable bonds is 2. The van der Waals surface area contributed by atoms with Crippen molar-refractivity contribution in [2.75, 3.05) is 31.3 Å². The number of nitrogens with zero attached hydrogens (tertiary/aromatic N) is 1. The van der Waals surface area contributed by atoms with Crippen LogP contribution < -0.4 is 5.32 Å². The summed E-state index contributed by atoms with van der Waals surface area (Å²) >= 11 is 1.74. The van der Waals surface area contributed by atoms with E-state index < -0.39 is 0 Å². The molecule has 2 aliphatic rings. The summed E-state index contributed by atoms with van der Waals surface area (Å²) < 4.78 is 18.7. The van der Waals surface area contributed by atoms with Gasteiger partial charge in [0.25, 0.3) is 0 Å². The number of amides is 1. The first kappa shape index (κ1) is 16.5. The first-order valence-corrected chi connectivity index (χ1v) is 7.86. The van der Waals surface area contributed by atoms with Gasteiger partial charge in [0.2, 0.25) is 5.91 Å². The molecule has 1 aromatic rings. The molecular formula is C14H18ClFN2O2S. The molecule has 116 valence electrons. The Morgan fingerprint density at radius 1 is 1.38 bits per heavy atom. The Kier molecular flexibility index (Phi) is 5.87. The Labute approximate surface area is 133 Å². The highest BCUT2D eigenvalue weighted by atomic mass is 35.5. The second-order valence-electron chi connectivity index (χ2n) is 4.97. The van der Waals surface area contributed by atoms with Gasteiger partial charge in [-0.2, -0.15) is 0 Å². The largest absolute Gasteiger partial charge is 0.370 e. The van der Waals surface area contributed by atoms with E-state index in [9.17, 15) is 9.18 Å². The lowest BCUT2D eigenvalue weighted by atomic mass is 10.1. The van der Waals surface area contributed by atoms with Crippen molar-refractivity contribution in [3.8, 4) is 0 Å². The highest BCUT2D eigenvalue weighted by Gasteiger charge is 2.31. The third kappa shape index (κ3) is 3.88. The van der Waals surface area contributed by atoms with Crippen LogP contribution in [0.5, 0.6) is 0 Å². The lowest BCUT2D eigenvalue weighted by Crippen LogP contribution is -2.50. The van der Waals surface area contributed by atoms with Crippen LogP contribution in [0.3, 0.4) is 0 Å². The van der Waals surface area contributed by atoms with Gasteiger partial charge >= 0.3 is 0 Å². The highest BCUT2D eigenvalue weighted by molar-refractivity contribution is 7.99. The van der Waals surface area contributed by atoms with Crippen LogP contribution in [0.25, 0.3) is 0 Å². The maximum atomic E-state index is 12.9. The van der Waals surface area contributed by atoms with Crippen LogP contribution in [0.15, 0.2) is 24.3 Å². The molecule has 0 radical (unpaired) electrons. The summed E-state index contributed by atoms with van der Waals surface area (Å²) in [4.78, 5) is 14.2. The van der Waals surface area contributed by atoms with Crippen molar-refractivity contribution < 1.29 is 13.9 Å². The third-order valence-corrected chi connectivity index (χ3v) is 4.57. The van der Waals surface area contributed by atoms with Crippen LogP contribution in [0.1, 0.15) is 11.7 Å². The molecule has 2 fully saturated rings. The minimum absolute atomic E-state index is 0. The van der Waals surface area contributed by atoms with E-state index in [-0.39, 0.29) is 36.3 Å². The number of halogens is 2. The minimum Gasteiger partial charge on any atom is -0.370 e. The van der Waals surface area contributed by atoms with Crippen molar-refractivity contribution in [3.05, 3.63) is 35.6 Å². The van der Waals surface area contributed by atoms with Gasteiger partial charge < -0.3 is 9.64 Å². The lowest BCUT2D eigenvalue weighted by Gasteiger charge is -2.34. The smallest absolute Gasteiger partial charge is 0.240 e. The van der Waals surface area contributed by atoms with Gasteiger partial charge in [-0.3, -0.25) is 10.1 Å². The molecule has 1 aromatic carbocycles. The molecule has 3 rings (SSSR count). The van der Waals surface area contributed by atoms with Crippen molar-refractivity contribution in [3.63, 3.8) is 0 Å². The van der Waals surface area contributed by atoms with Gasteiger partial charge in [0, 0.05) is 18.2 Å². The fraction of sp³-hybridized carbons (Fsp3) is 0.500. The van der Waals surface area contributed by atoms with Gasteiger partial charge in [-0.05, 0) is 17.7 Å². The topological polar surface area (TPSA) is 41.6 Å². The van der Waals surface area contributed by atoms with Crippen molar-refractivity contribution >= 4 is 30.1 Å². The van der Waals surface area contributed by atoms with Crippen LogP contribution in [0.2, 0.25) is 0 Å². The van der Waals surface area contributed by atoms with Crippen LogP contribution in [0, 0.1) is 5.82 Å². The molecular weight excluding hydrogens is 315 g/mol. The molecule has 7 heteroatoms. The fourth-order valence-corrected chi connectivity index (χ4v) is 3.44. The van der Waals surface area contributed by atoms with Gasteiger partial charge in [-0.1, -0.05) is 12.1 Å². The summed E-state index contributed by atoms with van der Waals surface area (Å²) in [6.45, 7) is 1.68. The van der Waals surface area contributed by atoms with Crippen molar-refractivity contribution in [1.82, 2.24) is 10.2 Å². The summed E-state index contributed by atoms with van der Waals surface area (Å²) in [6, 6.07) is 6.21. The van der Waals surface area contributed by atoms with E-state index in [0.29, 0.717) is 19.7 Å². The van der Waals surface area contributed by atoms with Gasteiger partial charge in [-0.25, -0.2) is 4.39 Å². The summed E-state index contributed by atoms with van der Waals surface area (Å²) in [5.41, 5.74) is 0.914. The Bertz CT molecular complexity index is 482. The predicted octanol–water partition coefficient (Wildman–Crippen LogP) is 1.81. The van der Waals surface area contributed by atoms with Crippen LogP contribution in [0.4, 0.5) is 4.39 Å². The van der Waals surface area contributed by atoms with Gasteiger partial charge in [0.15, 0.2) is 0 Å². The molecule has 2 unspecified atom stereocenters. The van der Waals surface area contributed by atoms with Gasteiger partial charge in [0.1, 0.15) is 11.9 Å². The van der Waals surface area contributed by atoms with Crippen LogP contribution >= 0.6 is 24.2 Å². The summed E-state index contributed by atoms with van der Waals surface area (Å²) in [7, 11) is 0. The molecule has 21 heavy (non-hydrogen) atoms. The fourth-order valence-electron chi connectivity index (χ4n) is 2.50. The highest BCUT2D eigenvalue weighted by Crippen LogP contribution is 2.23. The van der Waals surface area contributed by atoms with Gasteiger partial charge in [0.05, 0.1) is 19.2 Å². The molecule has 0 bridgehead atoms. The summed E-state index contributed by atoms with van der Waals surface area (Å²) in [5, 5.41) is 3.20. The van der Waals surface area contributed by atoms with Gasteiger partial charge in [-0.15, -0.1) is 24.2 Å². The number of carbonyl (C=O) groups excluding carboxylic acids is 1. The molecule has 2 saturated heterocycles. The van der Waals surface area contributed by atoms with E-state index in [1.807, 2.05) is 4.90 Å².